The normalized spacial score (nSPS) is 10.0. The first-order valence-corrected chi connectivity index (χ1v) is 4.68. The minimum absolute atomic E-state index is 0.369. The third-order valence-electron chi connectivity index (χ3n) is 2.29. The molecule has 1 N–H and O–H groups in total. The molecule has 0 saturated carbocycles. The van der Waals surface area contributed by atoms with Crippen molar-refractivity contribution in [3.8, 4) is 11.1 Å². The summed E-state index contributed by atoms with van der Waals surface area (Å²) in [6, 6.07) is 9.19. The van der Waals surface area contributed by atoms with E-state index >= 15 is 0 Å². The minimum Gasteiger partial charge on any atom is -0.464 e. The largest absolute Gasteiger partial charge is 0.464 e. The van der Waals surface area contributed by atoms with Gasteiger partial charge in [-0.25, -0.2) is 4.79 Å². The highest BCUT2D eigenvalue weighted by Gasteiger charge is 2.10. The summed E-state index contributed by atoms with van der Waals surface area (Å²) < 4.78 is 0.978. The molecule has 4 nitrogen and oxygen atoms in total. The molecule has 80 valence electrons. The van der Waals surface area contributed by atoms with Crippen LogP contribution in [0.5, 0.6) is 0 Å². The fraction of sp³-hybridized carbons (Fsp3) is 0. The van der Waals surface area contributed by atoms with Gasteiger partial charge in [0.05, 0.1) is 0 Å². The molecule has 0 unspecified atom stereocenters. The number of rotatable bonds is 2. The van der Waals surface area contributed by atoms with Crippen molar-refractivity contribution in [1.29, 1.82) is 0 Å². The zero-order valence-corrected chi connectivity index (χ0v) is 8.33. The van der Waals surface area contributed by atoms with Crippen molar-refractivity contribution in [3.63, 3.8) is 0 Å². The van der Waals surface area contributed by atoms with Crippen LogP contribution in [0.3, 0.4) is 0 Å². The average Bonchev–Trinajstić information content (AvgIpc) is 2.74. The Kier molecular flexibility index (Phi) is 2.55. The Morgan fingerprint density at radius 3 is 2.44 bits per heavy atom. The van der Waals surface area contributed by atoms with E-state index in [1.165, 1.54) is 12.4 Å². The predicted molar refractivity (Wildman–Crippen MR) is 58.7 cm³/mol. The quantitative estimate of drug-likeness (QED) is 0.783. The van der Waals surface area contributed by atoms with Crippen molar-refractivity contribution in [2.45, 2.75) is 0 Å². The van der Waals surface area contributed by atoms with E-state index in [1.54, 1.807) is 0 Å². The molecule has 4 heteroatoms. The van der Waals surface area contributed by atoms with E-state index in [0.717, 1.165) is 10.1 Å². The molecule has 0 aliphatic heterocycles. The molecule has 2 aromatic rings. The monoisotopic (exact) mass is 215 g/mol. The van der Waals surface area contributed by atoms with Gasteiger partial charge in [-0.05, 0) is 5.56 Å². The second kappa shape index (κ2) is 4.02. The van der Waals surface area contributed by atoms with Gasteiger partial charge in [0.15, 0.2) is 6.29 Å². The molecule has 0 spiro atoms. The zero-order valence-electron chi connectivity index (χ0n) is 8.33. The molecule has 0 bridgehead atoms. The molecule has 0 aliphatic rings. The van der Waals surface area contributed by atoms with Crippen LogP contribution in [0.4, 0.5) is 4.79 Å². The number of aldehydes is 1. The van der Waals surface area contributed by atoms with E-state index in [-0.39, 0.29) is 0 Å². The second-order valence-electron chi connectivity index (χ2n) is 3.30. The summed E-state index contributed by atoms with van der Waals surface area (Å²) in [4.78, 5) is 21.6. The molecule has 0 amide bonds. The molecule has 1 aromatic heterocycles. The van der Waals surface area contributed by atoms with Gasteiger partial charge in [-0.1, -0.05) is 30.3 Å². The fourth-order valence-electron chi connectivity index (χ4n) is 1.53. The second-order valence-corrected chi connectivity index (χ2v) is 3.30. The van der Waals surface area contributed by atoms with Gasteiger partial charge in [0.2, 0.25) is 0 Å². The summed E-state index contributed by atoms with van der Waals surface area (Å²) in [6.45, 7) is 0. The van der Waals surface area contributed by atoms with Crippen molar-refractivity contribution in [3.05, 3.63) is 48.3 Å². The van der Waals surface area contributed by atoms with Crippen LogP contribution >= 0.6 is 0 Å². The standard InChI is InChI=1S/C12H9NO3/c14-8-10-6-13(12(15)16)7-11(10)9-4-2-1-3-5-9/h1-8H,(H,15,16). The van der Waals surface area contributed by atoms with Gasteiger partial charge in [-0.2, -0.15) is 0 Å². The number of nitrogens with zero attached hydrogens (tertiary/aromatic N) is 1. The maximum Gasteiger partial charge on any atom is 0.415 e. The van der Waals surface area contributed by atoms with Crippen LogP contribution in [-0.4, -0.2) is 22.1 Å². The highest BCUT2D eigenvalue weighted by molar-refractivity contribution is 5.89. The summed E-state index contributed by atoms with van der Waals surface area (Å²) in [7, 11) is 0. The van der Waals surface area contributed by atoms with E-state index in [4.69, 9.17) is 5.11 Å². The third-order valence-corrected chi connectivity index (χ3v) is 2.29. The van der Waals surface area contributed by atoms with Gasteiger partial charge in [0, 0.05) is 23.5 Å². The van der Waals surface area contributed by atoms with E-state index in [0.29, 0.717) is 17.4 Å². The Hall–Kier alpha value is -2.36. The topological polar surface area (TPSA) is 59.3 Å². The molecule has 0 saturated heterocycles. The number of aromatic nitrogens is 1. The SMILES string of the molecule is O=Cc1cn(C(=O)O)cc1-c1ccccc1. The maximum absolute atomic E-state index is 10.8. The lowest BCUT2D eigenvalue weighted by Crippen LogP contribution is -2.03. The molecule has 0 radical (unpaired) electrons. The highest BCUT2D eigenvalue weighted by atomic mass is 16.4. The first-order chi connectivity index (χ1) is 7.72. The van der Waals surface area contributed by atoms with Crippen molar-refractivity contribution < 1.29 is 14.7 Å². The van der Waals surface area contributed by atoms with Gasteiger partial charge in [-0.3, -0.25) is 9.36 Å². The van der Waals surface area contributed by atoms with Gasteiger partial charge < -0.3 is 5.11 Å². The van der Waals surface area contributed by atoms with Gasteiger partial charge >= 0.3 is 6.09 Å². The van der Waals surface area contributed by atoms with Crippen LogP contribution in [0, 0.1) is 0 Å². The van der Waals surface area contributed by atoms with E-state index < -0.39 is 6.09 Å². The van der Waals surface area contributed by atoms with Gasteiger partial charge in [0.1, 0.15) is 0 Å². The van der Waals surface area contributed by atoms with Crippen molar-refractivity contribution >= 4 is 12.4 Å². The Labute approximate surface area is 91.8 Å². The molecule has 1 heterocycles. The lowest BCUT2D eigenvalue weighted by Gasteiger charge is -1.97. The Morgan fingerprint density at radius 1 is 1.19 bits per heavy atom. The molecule has 16 heavy (non-hydrogen) atoms. The number of carbonyl (C=O) groups excluding carboxylic acids is 1. The molecule has 1 aromatic carbocycles. The fourth-order valence-corrected chi connectivity index (χ4v) is 1.53. The van der Waals surface area contributed by atoms with Crippen molar-refractivity contribution in [2.75, 3.05) is 0 Å². The number of benzene rings is 1. The Morgan fingerprint density at radius 2 is 1.88 bits per heavy atom. The van der Waals surface area contributed by atoms with Crippen molar-refractivity contribution in [1.82, 2.24) is 4.57 Å². The van der Waals surface area contributed by atoms with E-state index in [1.807, 2.05) is 30.3 Å². The first kappa shape index (κ1) is 10.2. The lowest BCUT2D eigenvalue weighted by atomic mass is 10.1. The Balaban J connectivity index is 2.56. The van der Waals surface area contributed by atoms with Crippen molar-refractivity contribution in [2.24, 2.45) is 0 Å². The van der Waals surface area contributed by atoms with Crippen LogP contribution in [0.15, 0.2) is 42.7 Å². The first-order valence-electron chi connectivity index (χ1n) is 4.68. The number of hydrogen-bond donors (Lipinski definition) is 1. The van der Waals surface area contributed by atoms with E-state index in [9.17, 15) is 9.59 Å². The van der Waals surface area contributed by atoms with Gasteiger partial charge in [-0.15, -0.1) is 0 Å². The third kappa shape index (κ3) is 1.72. The molecule has 0 fully saturated rings. The summed E-state index contributed by atoms with van der Waals surface area (Å²) in [6.07, 6.45) is 2.28. The smallest absolute Gasteiger partial charge is 0.415 e. The van der Waals surface area contributed by atoms with Gasteiger partial charge in [0.25, 0.3) is 0 Å². The molecule has 0 atom stereocenters. The summed E-state index contributed by atoms with van der Waals surface area (Å²) >= 11 is 0. The predicted octanol–water partition coefficient (Wildman–Crippen LogP) is 2.49. The average molecular weight is 215 g/mol. The summed E-state index contributed by atoms with van der Waals surface area (Å²) in [5, 5.41) is 8.81. The number of carbonyl (C=O) groups is 2. The number of carboxylic acid groups (broad SMARTS) is 1. The molecule has 0 aliphatic carbocycles. The van der Waals surface area contributed by atoms with Crippen LogP contribution in [-0.2, 0) is 0 Å². The van der Waals surface area contributed by atoms with Crippen LogP contribution in [0.25, 0.3) is 11.1 Å². The van der Waals surface area contributed by atoms with E-state index in [2.05, 4.69) is 0 Å². The molecular formula is C12H9NO3. The number of hydrogen-bond acceptors (Lipinski definition) is 2. The Bertz CT molecular complexity index is 528. The lowest BCUT2D eigenvalue weighted by molar-refractivity contribution is 0.112. The van der Waals surface area contributed by atoms with Crippen LogP contribution < -0.4 is 0 Å². The highest BCUT2D eigenvalue weighted by Crippen LogP contribution is 2.23. The zero-order chi connectivity index (χ0) is 11.5. The maximum atomic E-state index is 10.8. The summed E-state index contributed by atoms with van der Waals surface area (Å²) in [5.74, 6) is 0. The minimum atomic E-state index is -1.11. The molecule has 2 rings (SSSR count). The van der Waals surface area contributed by atoms with Crippen LogP contribution in [0.1, 0.15) is 10.4 Å². The van der Waals surface area contributed by atoms with Crippen LogP contribution in [0.2, 0.25) is 0 Å². The molecular weight excluding hydrogens is 206 g/mol. The summed E-state index contributed by atoms with van der Waals surface area (Å²) in [5.41, 5.74) is 1.82.